The van der Waals surface area contributed by atoms with Crippen molar-refractivity contribution < 1.29 is 14.3 Å². The Morgan fingerprint density at radius 2 is 1.31 bits per heavy atom. The smallest absolute Gasteiger partial charge is 0.317 e. The Labute approximate surface area is 175 Å². The van der Waals surface area contributed by atoms with E-state index in [1.807, 2.05) is 9.80 Å². The molecule has 0 unspecified atom stereocenters. The van der Waals surface area contributed by atoms with Gasteiger partial charge in [0, 0.05) is 45.3 Å². The van der Waals surface area contributed by atoms with E-state index in [1.165, 1.54) is 51.4 Å². The molecular weight excluding hydrogens is 368 g/mol. The lowest BCUT2D eigenvalue weighted by atomic mass is 9.86. The summed E-state index contributed by atoms with van der Waals surface area (Å²) in [7, 11) is 0. The number of nitrogens with zero attached hydrogens (tertiary/aromatic N) is 3. The average molecular weight is 407 g/mol. The maximum Gasteiger partial charge on any atom is 0.317 e. The Kier molecular flexibility index (Phi) is 7.29. The molecular formula is C22H38N4O3. The van der Waals surface area contributed by atoms with Gasteiger partial charge in [0.05, 0.1) is 19.8 Å². The molecule has 0 aromatic heterocycles. The molecule has 3 amide bonds. The van der Waals surface area contributed by atoms with E-state index in [-0.39, 0.29) is 11.9 Å². The molecule has 2 aliphatic carbocycles. The largest absolute Gasteiger partial charge is 0.379 e. The highest BCUT2D eigenvalue weighted by molar-refractivity contribution is 5.79. The van der Waals surface area contributed by atoms with Gasteiger partial charge in [-0.05, 0) is 37.5 Å². The van der Waals surface area contributed by atoms with E-state index >= 15 is 0 Å². The fourth-order valence-corrected chi connectivity index (χ4v) is 5.70. The van der Waals surface area contributed by atoms with Crippen LogP contribution in [-0.4, -0.2) is 91.7 Å². The molecule has 7 nitrogen and oxygen atoms in total. The van der Waals surface area contributed by atoms with Crippen LogP contribution in [0.15, 0.2) is 0 Å². The second-order valence-corrected chi connectivity index (χ2v) is 9.32. The van der Waals surface area contributed by atoms with Crippen molar-refractivity contribution in [1.29, 1.82) is 0 Å². The number of piperazine rings is 1. The minimum atomic E-state index is 0.0917. The molecule has 0 atom stereocenters. The first-order valence-electron chi connectivity index (χ1n) is 11.8. The summed E-state index contributed by atoms with van der Waals surface area (Å²) in [6, 6.07) is 0.447. The quantitative estimate of drug-likeness (QED) is 0.758. The lowest BCUT2D eigenvalue weighted by Crippen LogP contribution is -2.57. The molecule has 2 saturated heterocycles. The van der Waals surface area contributed by atoms with Crippen LogP contribution in [0, 0.1) is 11.8 Å². The Morgan fingerprint density at radius 3 is 1.86 bits per heavy atom. The predicted molar refractivity (Wildman–Crippen MR) is 112 cm³/mol. The van der Waals surface area contributed by atoms with Gasteiger partial charge in [-0.2, -0.15) is 0 Å². The van der Waals surface area contributed by atoms with Crippen LogP contribution in [0.1, 0.15) is 51.4 Å². The summed E-state index contributed by atoms with van der Waals surface area (Å²) in [5.74, 6) is 1.51. The fourth-order valence-electron chi connectivity index (χ4n) is 5.70. The number of nitrogens with one attached hydrogen (secondary N) is 1. The highest BCUT2D eigenvalue weighted by Gasteiger charge is 2.35. The zero-order valence-corrected chi connectivity index (χ0v) is 17.8. The zero-order chi connectivity index (χ0) is 20.1. The van der Waals surface area contributed by atoms with Gasteiger partial charge in [0.2, 0.25) is 5.91 Å². The second kappa shape index (κ2) is 10.1. The lowest BCUT2D eigenvalue weighted by molar-refractivity contribution is -0.134. The fraction of sp³-hybridized carbons (Fsp3) is 0.909. The summed E-state index contributed by atoms with van der Waals surface area (Å²) < 4.78 is 5.35. The van der Waals surface area contributed by atoms with E-state index in [9.17, 15) is 9.59 Å². The molecule has 4 aliphatic rings. The number of hydrogen-bond acceptors (Lipinski definition) is 4. The molecule has 2 saturated carbocycles. The van der Waals surface area contributed by atoms with Crippen LogP contribution < -0.4 is 5.32 Å². The Bertz CT molecular complexity index is 530. The van der Waals surface area contributed by atoms with Gasteiger partial charge >= 0.3 is 6.03 Å². The van der Waals surface area contributed by atoms with Gasteiger partial charge in [0.15, 0.2) is 0 Å². The van der Waals surface area contributed by atoms with Gasteiger partial charge in [-0.15, -0.1) is 0 Å². The van der Waals surface area contributed by atoms with Crippen molar-refractivity contribution in [2.75, 3.05) is 59.0 Å². The maximum absolute atomic E-state index is 13.0. The van der Waals surface area contributed by atoms with Crippen LogP contribution >= 0.6 is 0 Å². The molecule has 0 bridgehead atoms. The van der Waals surface area contributed by atoms with Crippen molar-refractivity contribution in [3.05, 3.63) is 0 Å². The average Bonchev–Trinajstić information content (AvgIpc) is 3.47. The third-order valence-electron chi connectivity index (χ3n) is 7.49. The van der Waals surface area contributed by atoms with Gasteiger partial charge in [-0.1, -0.05) is 25.7 Å². The Balaban J connectivity index is 1.24. The normalized spacial score (nSPS) is 25.1. The first kappa shape index (κ1) is 20.9. The summed E-state index contributed by atoms with van der Waals surface area (Å²) in [5, 5.41) is 3.44. The number of carbonyl (C=O) groups excluding carboxylic acids is 2. The van der Waals surface area contributed by atoms with Crippen molar-refractivity contribution >= 4 is 11.9 Å². The Morgan fingerprint density at radius 1 is 0.793 bits per heavy atom. The first-order valence-corrected chi connectivity index (χ1v) is 11.8. The number of rotatable bonds is 5. The van der Waals surface area contributed by atoms with E-state index in [1.54, 1.807) is 0 Å². The molecule has 2 aliphatic heterocycles. The lowest BCUT2D eigenvalue weighted by Gasteiger charge is -2.38. The zero-order valence-electron chi connectivity index (χ0n) is 17.8. The number of morpholine rings is 1. The molecule has 4 fully saturated rings. The molecule has 29 heavy (non-hydrogen) atoms. The number of amides is 3. The molecule has 0 aromatic carbocycles. The minimum Gasteiger partial charge on any atom is -0.379 e. The number of hydrogen-bond donors (Lipinski definition) is 1. The van der Waals surface area contributed by atoms with Gasteiger partial charge in [0.1, 0.15) is 0 Å². The summed E-state index contributed by atoms with van der Waals surface area (Å²) in [4.78, 5) is 31.6. The summed E-state index contributed by atoms with van der Waals surface area (Å²) >= 11 is 0. The molecule has 0 spiro atoms. The van der Waals surface area contributed by atoms with Crippen LogP contribution in [0.5, 0.6) is 0 Å². The van der Waals surface area contributed by atoms with Crippen molar-refractivity contribution in [3.63, 3.8) is 0 Å². The van der Waals surface area contributed by atoms with Gasteiger partial charge in [-0.25, -0.2) is 4.79 Å². The molecule has 0 aromatic rings. The van der Waals surface area contributed by atoms with Crippen LogP contribution in [0.25, 0.3) is 0 Å². The molecule has 0 radical (unpaired) electrons. The molecule has 1 N–H and O–H groups in total. The van der Waals surface area contributed by atoms with Crippen LogP contribution in [0.2, 0.25) is 0 Å². The summed E-state index contributed by atoms with van der Waals surface area (Å²) in [6.45, 7) is 6.14. The topological polar surface area (TPSA) is 65.1 Å². The highest BCUT2D eigenvalue weighted by Crippen LogP contribution is 2.37. The Hall–Kier alpha value is -1.34. The van der Waals surface area contributed by atoms with Gasteiger partial charge in [-0.3, -0.25) is 9.69 Å². The summed E-state index contributed by atoms with van der Waals surface area (Å²) in [6.07, 6.45) is 10.3. The van der Waals surface area contributed by atoms with E-state index in [2.05, 4.69) is 10.2 Å². The monoisotopic (exact) mass is 406 g/mol. The van der Waals surface area contributed by atoms with Gasteiger partial charge in [0.25, 0.3) is 0 Å². The number of carbonyl (C=O) groups is 2. The van der Waals surface area contributed by atoms with E-state index in [0.29, 0.717) is 63.8 Å². The number of ether oxygens (including phenoxy) is 1. The SMILES string of the molecule is O=C(CN1CCOCC1)N1CCN(C(=O)NC(C2CCCC2)C2CCCC2)CC1. The van der Waals surface area contributed by atoms with Crippen molar-refractivity contribution in [2.24, 2.45) is 11.8 Å². The van der Waals surface area contributed by atoms with Crippen molar-refractivity contribution in [2.45, 2.75) is 57.4 Å². The first-order chi connectivity index (χ1) is 14.2. The van der Waals surface area contributed by atoms with E-state index in [0.717, 1.165) is 13.1 Å². The predicted octanol–water partition coefficient (Wildman–Crippen LogP) is 1.92. The van der Waals surface area contributed by atoms with E-state index < -0.39 is 0 Å². The van der Waals surface area contributed by atoms with Crippen LogP contribution in [0.4, 0.5) is 4.79 Å². The minimum absolute atomic E-state index is 0.0917. The van der Waals surface area contributed by atoms with Crippen LogP contribution in [0.3, 0.4) is 0 Å². The third kappa shape index (κ3) is 5.43. The molecule has 4 rings (SSSR count). The van der Waals surface area contributed by atoms with Crippen molar-refractivity contribution in [1.82, 2.24) is 20.0 Å². The summed E-state index contributed by atoms with van der Waals surface area (Å²) in [5.41, 5.74) is 0. The number of urea groups is 1. The maximum atomic E-state index is 13.0. The standard InChI is InChI=1S/C22H38N4O3/c27-20(17-24-13-15-29-16-14-24)25-9-11-26(12-10-25)22(28)23-21(18-5-1-2-6-18)19-7-3-4-8-19/h18-19,21H,1-17H2,(H,23,28). The van der Waals surface area contributed by atoms with Gasteiger partial charge < -0.3 is 19.9 Å². The highest BCUT2D eigenvalue weighted by atomic mass is 16.5. The van der Waals surface area contributed by atoms with Crippen LogP contribution in [-0.2, 0) is 9.53 Å². The second-order valence-electron chi connectivity index (χ2n) is 9.32. The van der Waals surface area contributed by atoms with Crippen molar-refractivity contribution in [3.8, 4) is 0 Å². The molecule has 164 valence electrons. The third-order valence-corrected chi connectivity index (χ3v) is 7.49. The molecule has 2 heterocycles. The molecule has 7 heteroatoms. The van der Waals surface area contributed by atoms with E-state index in [4.69, 9.17) is 4.74 Å².